The number of likely N-dealkylation sites (tertiary alicyclic amines) is 1. The van der Waals surface area contributed by atoms with Crippen LogP contribution in [0, 0.1) is 6.92 Å². The van der Waals surface area contributed by atoms with Crippen LogP contribution in [0.15, 0.2) is 5.51 Å². The van der Waals surface area contributed by atoms with Crippen LogP contribution in [0.5, 0.6) is 0 Å². The number of aryl methyl sites for hydroxylation is 1. The van der Waals surface area contributed by atoms with Gasteiger partial charge in [0, 0.05) is 11.4 Å². The lowest BCUT2D eigenvalue weighted by atomic mass is 10.1. The first kappa shape index (κ1) is 15.4. The number of carbonyl (C=O) groups excluding carboxylic acids is 1. The molecule has 1 saturated heterocycles. The van der Waals surface area contributed by atoms with Crippen LogP contribution in [0.1, 0.15) is 44.2 Å². The van der Waals surface area contributed by atoms with E-state index in [0.717, 1.165) is 38.0 Å². The minimum Gasteiger partial charge on any atom is -0.459 e. The molecule has 112 valence electrons. The first-order chi connectivity index (χ1) is 9.37. The van der Waals surface area contributed by atoms with Gasteiger partial charge in [-0.3, -0.25) is 9.69 Å². The van der Waals surface area contributed by atoms with Crippen LogP contribution in [-0.2, 0) is 16.0 Å². The molecule has 0 spiro atoms. The van der Waals surface area contributed by atoms with Crippen molar-refractivity contribution in [1.82, 2.24) is 9.88 Å². The molecule has 1 aliphatic heterocycles. The van der Waals surface area contributed by atoms with Gasteiger partial charge in [0.15, 0.2) is 0 Å². The van der Waals surface area contributed by atoms with E-state index in [4.69, 9.17) is 4.74 Å². The van der Waals surface area contributed by atoms with Crippen LogP contribution in [-0.4, -0.2) is 40.6 Å². The zero-order valence-corrected chi connectivity index (χ0v) is 13.6. The number of ether oxygens (including phenoxy) is 1. The zero-order valence-electron chi connectivity index (χ0n) is 12.8. The minimum absolute atomic E-state index is 0.0672. The number of hydrogen-bond acceptors (Lipinski definition) is 5. The maximum atomic E-state index is 12.2. The highest BCUT2D eigenvalue weighted by atomic mass is 32.1. The monoisotopic (exact) mass is 296 g/mol. The summed E-state index contributed by atoms with van der Waals surface area (Å²) in [4.78, 5) is 20.1. The van der Waals surface area contributed by atoms with Crippen molar-refractivity contribution in [2.24, 2.45) is 0 Å². The molecular formula is C15H24N2O2S. The van der Waals surface area contributed by atoms with E-state index in [-0.39, 0.29) is 12.0 Å². The third-order valence-electron chi connectivity index (χ3n) is 3.51. The standard InChI is InChI=1S/C15H24N2O2S/c1-11-13(20-10-16-11)7-9-17-8-5-6-12(17)14(18)19-15(2,3)4/h10,12H,5-9H2,1-4H3/t12-/m1/s1. The summed E-state index contributed by atoms with van der Waals surface area (Å²) in [6.45, 7) is 9.70. The van der Waals surface area contributed by atoms with Gasteiger partial charge in [0.2, 0.25) is 0 Å². The third-order valence-corrected chi connectivity index (χ3v) is 4.51. The van der Waals surface area contributed by atoms with Gasteiger partial charge in [-0.15, -0.1) is 11.3 Å². The van der Waals surface area contributed by atoms with E-state index < -0.39 is 5.60 Å². The number of esters is 1. The molecule has 1 aromatic heterocycles. The maximum absolute atomic E-state index is 12.2. The molecule has 1 aromatic rings. The number of thiazole rings is 1. The first-order valence-electron chi connectivity index (χ1n) is 7.23. The van der Waals surface area contributed by atoms with Gasteiger partial charge >= 0.3 is 5.97 Å². The average Bonchev–Trinajstić information content (AvgIpc) is 2.92. The molecule has 0 unspecified atom stereocenters. The normalized spacial score (nSPS) is 20.3. The lowest BCUT2D eigenvalue weighted by molar-refractivity contribution is -0.160. The summed E-state index contributed by atoms with van der Waals surface area (Å²) in [7, 11) is 0. The van der Waals surface area contributed by atoms with Crippen LogP contribution in [0.3, 0.4) is 0 Å². The van der Waals surface area contributed by atoms with Gasteiger partial charge in [0.05, 0.1) is 11.2 Å². The highest BCUT2D eigenvalue weighted by Gasteiger charge is 2.33. The van der Waals surface area contributed by atoms with Crippen LogP contribution >= 0.6 is 11.3 Å². The fourth-order valence-electron chi connectivity index (χ4n) is 2.54. The number of carbonyl (C=O) groups is 1. The molecule has 0 bridgehead atoms. The number of hydrogen-bond donors (Lipinski definition) is 0. The summed E-state index contributed by atoms with van der Waals surface area (Å²) in [6.07, 6.45) is 2.96. The largest absolute Gasteiger partial charge is 0.459 e. The summed E-state index contributed by atoms with van der Waals surface area (Å²) in [5, 5.41) is 0. The predicted octanol–water partition coefficient (Wildman–Crippen LogP) is 2.80. The fraction of sp³-hybridized carbons (Fsp3) is 0.733. The smallest absolute Gasteiger partial charge is 0.323 e. The average molecular weight is 296 g/mol. The summed E-state index contributed by atoms with van der Waals surface area (Å²) < 4.78 is 5.52. The van der Waals surface area contributed by atoms with E-state index in [1.165, 1.54) is 4.88 Å². The van der Waals surface area contributed by atoms with Crippen molar-refractivity contribution in [3.8, 4) is 0 Å². The molecule has 0 aliphatic carbocycles. The second-order valence-electron chi connectivity index (χ2n) is 6.34. The first-order valence-corrected chi connectivity index (χ1v) is 8.10. The molecule has 4 nitrogen and oxygen atoms in total. The lowest BCUT2D eigenvalue weighted by Gasteiger charge is -2.27. The Hall–Kier alpha value is -0.940. The minimum atomic E-state index is -0.403. The molecule has 2 rings (SSSR count). The molecule has 1 atom stereocenters. The number of rotatable bonds is 4. The van der Waals surface area contributed by atoms with Crippen LogP contribution in [0.25, 0.3) is 0 Å². The van der Waals surface area contributed by atoms with Crippen LogP contribution < -0.4 is 0 Å². The van der Waals surface area contributed by atoms with Crippen molar-refractivity contribution in [1.29, 1.82) is 0 Å². The van der Waals surface area contributed by atoms with E-state index in [9.17, 15) is 4.79 Å². The molecule has 0 radical (unpaired) electrons. The van der Waals surface area contributed by atoms with Crippen molar-refractivity contribution in [2.45, 2.75) is 58.6 Å². The molecule has 5 heteroatoms. The van der Waals surface area contributed by atoms with Gasteiger partial charge in [0.25, 0.3) is 0 Å². The van der Waals surface area contributed by atoms with Crippen molar-refractivity contribution in [3.05, 3.63) is 16.1 Å². The van der Waals surface area contributed by atoms with Gasteiger partial charge in [-0.05, 0) is 53.5 Å². The maximum Gasteiger partial charge on any atom is 0.323 e. The molecule has 1 aliphatic rings. The Labute approximate surface area is 125 Å². The molecule has 0 saturated carbocycles. The highest BCUT2D eigenvalue weighted by molar-refractivity contribution is 7.09. The van der Waals surface area contributed by atoms with Gasteiger partial charge in [-0.1, -0.05) is 0 Å². The van der Waals surface area contributed by atoms with Crippen molar-refractivity contribution >= 4 is 17.3 Å². The lowest BCUT2D eigenvalue weighted by Crippen LogP contribution is -2.41. The van der Waals surface area contributed by atoms with Gasteiger partial charge < -0.3 is 4.74 Å². The molecular weight excluding hydrogens is 272 g/mol. The zero-order chi connectivity index (χ0) is 14.8. The van der Waals surface area contributed by atoms with E-state index >= 15 is 0 Å². The second-order valence-corrected chi connectivity index (χ2v) is 7.28. The van der Waals surface area contributed by atoms with E-state index in [1.54, 1.807) is 11.3 Å². The van der Waals surface area contributed by atoms with Crippen LogP contribution in [0.4, 0.5) is 0 Å². The highest BCUT2D eigenvalue weighted by Crippen LogP contribution is 2.22. The van der Waals surface area contributed by atoms with Crippen molar-refractivity contribution < 1.29 is 9.53 Å². The number of aromatic nitrogens is 1. The molecule has 0 N–H and O–H groups in total. The molecule has 20 heavy (non-hydrogen) atoms. The summed E-state index contributed by atoms with van der Waals surface area (Å²) in [6, 6.07) is -0.0672. The molecule has 1 fully saturated rings. The van der Waals surface area contributed by atoms with Crippen molar-refractivity contribution in [2.75, 3.05) is 13.1 Å². The Morgan fingerprint density at radius 1 is 1.55 bits per heavy atom. The molecule has 0 aromatic carbocycles. The van der Waals surface area contributed by atoms with E-state index in [2.05, 4.69) is 9.88 Å². The Bertz CT molecular complexity index is 465. The number of nitrogens with zero attached hydrogens (tertiary/aromatic N) is 2. The van der Waals surface area contributed by atoms with Crippen molar-refractivity contribution in [3.63, 3.8) is 0 Å². The Morgan fingerprint density at radius 2 is 2.30 bits per heavy atom. The second kappa shape index (κ2) is 6.22. The summed E-state index contributed by atoms with van der Waals surface area (Å²) in [5.41, 5.74) is 2.60. The van der Waals surface area contributed by atoms with E-state index in [1.807, 2.05) is 33.2 Å². The summed E-state index contributed by atoms with van der Waals surface area (Å²) >= 11 is 1.70. The Morgan fingerprint density at radius 3 is 2.90 bits per heavy atom. The topological polar surface area (TPSA) is 42.4 Å². The fourth-order valence-corrected chi connectivity index (χ4v) is 3.31. The Balaban J connectivity index is 1.91. The SMILES string of the molecule is Cc1ncsc1CCN1CCC[C@@H]1C(=O)OC(C)(C)C. The van der Waals surface area contributed by atoms with Gasteiger partial charge in [-0.2, -0.15) is 0 Å². The van der Waals surface area contributed by atoms with Gasteiger partial charge in [0.1, 0.15) is 11.6 Å². The predicted molar refractivity (Wildman–Crippen MR) is 81.0 cm³/mol. The molecule has 0 amide bonds. The Kier molecular flexibility index (Phi) is 4.81. The van der Waals surface area contributed by atoms with Crippen LogP contribution in [0.2, 0.25) is 0 Å². The van der Waals surface area contributed by atoms with Gasteiger partial charge in [-0.25, -0.2) is 4.98 Å². The molecule has 2 heterocycles. The summed E-state index contributed by atoms with van der Waals surface area (Å²) in [5.74, 6) is -0.0731. The third kappa shape index (κ3) is 4.03. The van der Waals surface area contributed by atoms with E-state index in [0.29, 0.717) is 0 Å². The quantitative estimate of drug-likeness (QED) is 0.801.